The highest BCUT2D eigenvalue weighted by Gasteiger charge is 2.19. The average Bonchev–Trinajstić information content (AvgIpc) is 3.09. The van der Waals surface area contributed by atoms with Crippen LogP contribution in [0.1, 0.15) is 34.3 Å². The van der Waals surface area contributed by atoms with Gasteiger partial charge in [0, 0.05) is 13.1 Å². The highest BCUT2D eigenvalue weighted by atomic mass is 16.5. The van der Waals surface area contributed by atoms with E-state index in [2.05, 4.69) is 5.16 Å². The van der Waals surface area contributed by atoms with Gasteiger partial charge in [-0.1, -0.05) is 5.16 Å². The van der Waals surface area contributed by atoms with E-state index in [4.69, 9.17) is 23.5 Å². The van der Waals surface area contributed by atoms with Crippen molar-refractivity contribution < 1.29 is 33.1 Å². The molecule has 1 amide bonds. The summed E-state index contributed by atoms with van der Waals surface area (Å²) in [4.78, 5) is 26.4. The Balaban J connectivity index is 1.63. The zero-order chi connectivity index (χ0) is 21.5. The highest BCUT2D eigenvalue weighted by molar-refractivity contribution is 5.90. The molecule has 1 fully saturated rings. The standard InChI is InChI=1S/C21H26N2O7/c1-4-27-19-11-16(21(25)29-12-17-14(2)22-30-15(17)3)5-6-18(19)28-13-20(24)23-7-9-26-10-8-23/h5-6,11H,4,7-10,12-13H2,1-3H3. The molecular formula is C21H26N2O7. The van der Waals surface area contributed by atoms with E-state index in [1.807, 2.05) is 6.92 Å². The molecule has 1 aliphatic rings. The van der Waals surface area contributed by atoms with Crippen molar-refractivity contribution in [2.24, 2.45) is 0 Å². The van der Waals surface area contributed by atoms with Crippen LogP contribution in [0.15, 0.2) is 22.7 Å². The van der Waals surface area contributed by atoms with Crippen molar-refractivity contribution in [1.29, 1.82) is 0 Å². The number of esters is 1. The summed E-state index contributed by atoms with van der Waals surface area (Å²) in [5.41, 5.74) is 1.75. The van der Waals surface area contributed by atoms with Crippen molar-refractivity contribution in [3.63, 3.8) is 0 Å². The van der Waals surface area contributed by atoms with E-state index in [1.165, 1.54) is 0 Å². The quantitative estimate of drug-likeness (QED) is 0.602. The molecule has 2 aromatic rings. The van der Waals surface area contributed by atoms with Gasteiger partial charge in [0.25, 0.3) is 5.91 Å². The van der Waals surface area contributed by atoms with Crippen LogP contribution in [-0.4, -0.2) is 61.5 Å². The summed E-state index contributed by atoms with van der Waals surface area (Å²) in [6.07, 6.45) is 0. The van der Waals surface area contributed by atoms with Gasteiger partial charge in [-0.15, -0.1) is 0 Å². The van der Waals surface area contributed by atoms with Crippen LogP contribution < -0.4 is 9.47 Å². The van der Waals surface area contributed by atoms with Crippen LogP contribution in [0.4, 0.5) is 0 Å². The van der Waals surface area contributed by atoms with Crippen molar-refractivity contribution in [2.75, 3.05) is 39.5 Å². The first-order chi connectivity index (χ1) is 14.5. The summed E-state index contributed by atoms with van der Waals surface area (Å²) in [5.74, 6) is 0.749. The predicted octanol–water partition coefficient (Wildman–Crippen LogP) is 2.28. The molecule has 0 N–H and O–H groups in total. The van der Waals surface area contributed by atoms with E-state index < -0.39 is 5.97 Å². The lowest BCUT2D eigenvalue weighted by Gasteiger charge is -2.26. The number of aromatic nitrogens is 1. The van der Waals surface area contributed by atoms with E-state index >= 15 is 0 Å². The van der Waals surface area contributed by atoms with Gasteiger partial charge in [-0.25, -0.2) is 4.79 Å². The van der Waals surface area contributed by atoms with Gasteiger partial charge in [0.15, 0.2) is 18.1 Å². The fourth-order valence-electron chi connectivity index (χ4n) is 3.00. The Labute approximate surface area is 174 Å². The molecule has 1 aliphatic heterocycles. The maximum atomic E-state index is 12.5. The Kier molecular flexibility index (Phi) is 7.29. The zero-order valence-corrected chi connectivity index (χ0v) is 17.4. The van der Waals surface area contributed by atoms with E-state index in [9.17, 15) is 9.59 Å². The van der Waals surface area contributed by atoms with Crippen LogP contribution in [0.25, 0.3) is 0 Å². The molecule has 2 heterocycles. The Hall–Kier alpha value is -3.07. The minimum absolute atomic E-state index is 0.0657. The monoisotopic (exact) mass is 418 g/mol. The molecule has 0 aliphatic carbocycles. The van der Waals surface area contributed by atoms with Gasteiger partial charge in [-0.05, 0) is 39.0 Å². The second-order valence-corrected chi connectivity index (χ2v) is 6.76. The third-order valence-corrected chi connectivity index (χ3v) is 4.72. The number of carbonyl (C=O) groups is 2. The van der Waals surface area contributed by atoms with E-state index in [1.54, 1.807) is 36.9 Å². The molecule has 1 aromatic heterocycles. The fraction of sp³-hybridized carbons (Fsp3) is 0.476. The van der Waals surface area contributed by atoms with Crippen LogP contribution in [0.2, 0.25) is 0 Å². The number of amides is 1. The van der Waals surface area contributed by atoms with Crippen LogP contribution in [-0.2, 0) is 20.9 Å². The van der Waals surface area contributed by atoms with Gasteiger partial charge in [-0.2, -0.15) is 0 Å². The Morgan fingerprint density at radius 2 is 1.90 bits per heavy atom. The van der Waals surface area contributed by atoms with Gasteiger partial charge < -0.3 is 28.4 Å². The fourth-order valence-corrected chi connectivity index (χ4v) is 3.00. The average molecular weight is 418 g/mol. The number of ether oxygens (including phenoxy) is 4. The van der Waals surface area contributed by atoms with Gasteiger partial charge in [0.05, 0.1) is 36.6 Å². The Bertz CT molecular complexity index is 868. The summed E-state index contributed by atoms with van der Waals surface area (Å²) in [6.45, 7) is 7.87. The van der Waals surface area contributed by atoms with Gasteiger partial charge in [0.1, 0.15) is 12.4 Å². The molecule has 1 aromatic carbocycles. The summed E-state index contributed by atoms with van der Waals surface area (Å²) >= 11 is 0. The van der Waals surface area contributed by atoms with Crippen LogP contribution in [0.5, 0.6) is 11.5 Å². The summed E-state index contributed by atoms with van der Waals surface area (Å²) in [5, 5.41) is 3.84. The van der Waals surface area contributed by atoms with Crippen molar-refractivity contribution in [3.8, 4) is 11.5 Å². The molecule has 3 rings (SSSR count). The molecule has 30 heavy (non-hydrogen) atoms. The second-order valence-electron chi connectivity index (χ2n) is 6.76. The van der Waals surface area contributed by atoms with Gasteiger partial charge in [-0.3, -0.25) is 4.79 Å². The molecule has 162 valence electrons. The van der Waals surface area contributed by atoms with Gasteiger partial charge in [0.2, 0.25) is 0 Å². The number of hydrogen-bond donors (Lipinski definition) is 0. The first-order valence-corrected chi connectivity index (χ1v) is 9.83. The number of morpholine rings is 1. The summed E-state index contributed by atoms with van der Waals surface area (Å²) in [6, 6.07) is 4.73. The number of aryl methyl sites for hydroxylation is 2. The maximum absolute atomic E-state index is 12.5. The molecule has 0 radical (unpaired) electrons. The number of benzene rings is 1. The first kappa shape index (κ1) is 21.6. The predicted molar refractivity (Wildman–Crippen MR) is 106 cm³/mol. The molecular weight excluding hydrogens is 392 g/mol. The van der Waals surface area contributed by atoms with Crippen LogP contribution >= 0.6 is 0 Å². The third kappa shape index (κ3) is 5.29. The summed E-state index contributed by atoms with van der Waals surface area (Å²) in [7, 11) is 0. The van der Waals surface area contributed by atoms with E-state index in [0.29, 0.717) is 61.4 Å². The molecule has 0 spiro atoms. The smallest absolute Gasteiger partial charge is 0.338 e. The molecule has 0 unspecified atom stereocenters. The van der Waals surface area contributed by atoms with E-state index in [0.717, 1.165) is 5.56 Å². The van der Waals surface area contributed by atoms with Crippen molar-refractivity contribution in [2.45, 2.75) is 27.4 Å². The number of nitrogens with zero attached hydrogens (tertiary/aromatic N) is 2. The molecule has 1 saturated heterocycles. The van der Waals surface area contributed by atoms with E-state index in [-0.39, 0.29) is 19.1 Å². The second kappa shape index (κ2) is 10.1. The van der Waals surface area contributed by atoms with Crippen molar-refractivity contribution in [1.82, 2.24) is 10.1 Å². The SMILES string of the molecule is CCOc1cc(C(=O)OCc2c(C)noc2C)ccc1OCC(=O)N1CCOCC1. The van der Waals surface area contributed by atoms with Crippen molar-refractivity contribution >= 4 is 11.9 Å². The summed E-state index contributed by atoms with van der Waals surface area (Å²) < 4.78 is 27.0. The van der Waals surface area contributed by atoms with Gasteiger partial charge >= 0.3 is 5.97 Å². The lowest BCUT2D eigenvalue weighted by atomic mass is 10.2. The number of rotatable bonds is 8. The lowest BCUT2D eigenvalue weighted by molar-refractivity contribution is -0.137. The molecule has 0 saturated carbocycles. The van der Waals surface area contributed by atoms with Crippen LogP contribution in [0, 0.1) is 13.8 Å². The van der Waals surface area contributed by atoms with Crippen LogP contribution in [0.3, 0.4) is 0 Å². The minimum atomic E-state index is -0.508. The normalized spacial score (nSPS) is 13.8. The minimum Gasteiger partial charge on any atom is -0.490 e. The molecule has 9 heteroatoms. The number of carbonyl (C=O) groups excluding carboxylic acids is 2. The molecule has 0 bridgehead atoms. The maximum Gasteiger partial charge on any atom is 0.338 e. The highest BCUT2D eigenvalue weighted by Crippen LogP contribution is 2.29. The Morgan fingerprint density at radius 3 is 2.57 bits per heavy atom. The largest absolute Gasteiger partial charge is 0.490 e. The topological polar surface area (TPSA) is 100 Å². The zero-order valence-electron chi connectivity index (χ0n) is 17.4. The third-order valence-electron chi connectivity index (χ3n) is 4.72. The first-order valence-electron chi connectivity index (χ1n) is 9.83. The molecule has 9 nitrogen and oxygen atoms in total. The van der Waals surface area contributed by atoms with Crippen molar-refractivity contribution in [3.05, 3.63) is 40.8 Å². The lowest BCUT2D eigenvalue weighted by Crippen LogP contribution is -2.43. The molecule has 0 atom stereocenters. The Morgan fingerprint density at radius 1 is 1.13 bits per heavy atom. The number of hydrogen-bond acceptors (Lipinski definition) is 8.